The van der Waals surface area contributed by atoms with Crippen LogP contribution in [0.4, 0.5) is 5.69 Å². The molecule has 1 aliphatic heterocycles. The fourth-order valence-corrected chi connectivity index (χ4v) is 4.90. The molecule has 1 aromatic rings. The molecule has 2 fully saturated rings. The van der Waals surface area contributed by atoms with E-state index in [9.17, 15) is 19.2 Å². The molecule has 0 spiro atoms. The first-order valence-electron chi connectivity index (χ1n) is 11.1. The Balaban J connectivity index is 1.37. The van der Waals surface area contributed by atoms with Crippen LogP contribution in [0.2, 0.25) is 0 Å². The fraction of sp³-hybridized carbons (Fsp3) is 0.500. The highest BCUT2D eigenvalue weighted by atomic mass is 16.5. The smallest absolute Gasteiger partial charge is 0.326 e. The maximum Gasteiger partial charge on any atom is 0.326 e. The van der Waals surface area contributed by atoms with Crippen LogP contribution >= 0.6 is 0 Å². The predicted molar refractivity (Wildman–Crippen MR) is 114 cm³/mol. The molecule has 1 saturated heterocycles. The van der Waals surface area contributed by atoms with Gasteiger partial charge < -0.3 is 9.64 Å². The summed E-state index contributed by atoms with van der Waals surface area (Å²) in [6.45, 7) is -0.846. The largest absolute Gasteiger partial charge is 0.454 e. The van der Waals surface area contributed by atoms with Gasteiger partial charge in [-0.15, -0.1) is 0 Å². The highest BCUT2D eigenvalue weighted by Crippen LogP contribution is 2.35. The summed E-state index contributed by atoms with van der Waals surface area (Å²) in [7, 11) is 0. The number of benzene rings is 1. The highest BCUT2D eigenvalue weighted by Gasteiger charge is 2.47. The number of amides is 3. The summed E-state index contributed by atoms with van der Waals surface area (Å²) in [6.07, 6.45) is 9.98. The predicted octanol–water partition coefficient (Wildman–Crippen LogP) is 2.85. The van der Waals surface area contributed by atoms with Crippen LogP contribution in [0.1, 0.15) is 44.9 Å². The summed E-state index contributed by atoms with van der Waals surface area (Å²) in [4.78, 5) is 53.1. The molecule has 0 aromatic heterocycles. The Labute approximate surface area is 182 Å². The lowest BCUT2D eigenvalue weighted by Gasteiger charge is -2.34. The molecule has 4 rings (SSSR count). The second-order valence-corrected chi connectivity index (χ2v) is 8.47. The lowest BCUT2D eigenvalue weighted by molar-refractivity contribution is -0.154. The van der Waals surface area contributed by atoms with E-state index in [1.165, 1.54) is 0 Å². The molecule has 7 nitrogen and oxygen atoms in total. The SMILES string of the molecule is O=C(CN1C(=O)[C@H]2CC=CC[C@H]2C1=O)OCC(=O)N(c1ccccc1)C1CCCCC1. The van der Waals surface area contributed by atoms with Gasteiger partial charge in [-0.3, -0.25) is 24.1 Å². The lowest BCUT2D eigenvalue weighted by Crippen LogP contribution is -2.44. The maximum atomic E-state index is 13.0. The molecular weight excluding hydrogens is 396 g/mol. The second kappa shape index (κ2) is 9.45. The molecular formula is C24H28N2O5. The number of ether oxygens (including phenoxy) is 1. The van der Waals surface area contributed by atoms with Gasteiger partial charge in [0.25, 0.3) is 5.91 Å². The number of fused-ring (bicyclic) bond motifs is 1. The number of hydrogen-bond donors (Lipinski definition) is 0. The van der Waals surface area contributed by atoms with Crippen LogP contribution in [0, 0.1) is 11.8 Å². The van der Waals surface area contributed by atoms with Gasteiger partial charge in [-0.25, -0.2) is 0 Å². The Kier molecular flexibility index (Phi) is 6.49. The average Bonchev–Trinajstić information content (AvgIpc) is 3.04. The van der Waals surface area contributed by atoms with Crippen molar-refractivity contribution >= 4 is 29.4 Å². The van der Waals surface area contributed by atoms with Gasteiger partial charge in [0.05, 0.1) is 11.8 Å². The zero-order valence-corrected chi connectivity index (χ0v) is 17.6. The molecule has 164 valence electrons. The van der Waals surface area contributed by atoms with E-state index in [2.05, 4.69) is 0 Å². The van der Waals surface area contributed by atoms with Crippen molar-refractivity contribution in [3.63, 3.8) is 0 Å². The van der Waals surface area contributed by atoms with Gasteiger partial charge in [0.2, 0.25) is 11.8 Å². The number of imide groups is 1. The number of carbonyl (C=O) groups excluding carboxylic acids is 4. The second-order valence-electron chi connectivity index (χ2n) is 8.47. The fourth-order valence-electron chi connectivity index (χ4n) is 4.90. The minimum Gasteiger partial charge on any atom is -0.454 e. The number of esters is 1. The quantitative estimate of drug-likeness (QED) is 0.398. The molecule has 3 aliphatic rings. The summed E-state index contributed by atoms with van der Waals surface area (Å²) in [5.74, 6) is -2.44. The van der Waals surface area contributed by atoms with E-state index in [0.29, 0.717) is 12.8 Å². The highest BCUT2D eigenvalue weighted by molar-refractivity contribution is 6.07. The number of allylic oxidation sites excluding steroid dienone is 2. The molecule has 0 radical (unpaired) electrons. The maximum absolute atomic E-state index is 13.0. The number of likely N-dealkylation sites (tertiary alicyclic amines) is 1. The molecule has 2 aliphatic carbocycles. The Morgan fingerprint density at radius 3 is 2.16 bits per heavy atom. The first-order chi connectivity index (χ1) is 15.1. The minimum absolute atomic E-state index is 0.0831. The van der Waals surface area contributed by atoms with E-state index < -0.39 is 19.1 Å². The molecule has 2 atom stereocenters. The Morgan fingerprint density at radius 1 is 0.935 bits per heavy atom. The van der Waals surface area contributed by atoms with Crippen LogP contribution in [0.3, 0.4) is 0 Å². The summed E-state index contributed by atoms with van der Waals surface area (Å²) >= 11 is 0. The third-order valence-electron chi connectivity index (χ3n) is 6.49. The zero-order valence-electron chi connectivity index (χ0n) is 17.6. The number of nitrogens with zero attached hydrogens (tertiary/aromatic N) is 2. The van der Waals surface area contributed by atoms with Crippen molar-refractivity contribution in [1.29, 1.82) is 0 Å². The minimum atomic E-state index is -0.738. The molecule has 1 heterocycles. The van der Waals surface area contributed by atoms with E-state index in [-0.39, 0.29) is 35.6 Å². The number of para-hydroxylation sites is 1. The van der Waals surface area contributed by atoms with Crippen LogP contribution < -0.4 is 4.90 Å². The number of carbonyl (C=O) groups is 4. The zero-order chi connectivity index (χ0) is 21.8. The van der Waals surface area contributed by atoms with Crippen LogP contribution in [-0.2, 0) is 23.9 Å². The van der Waals surface area contributed by atoms with Crippen molar-refractivity contribution in [2.75, 3.05) is 18.1 Å². The van der Waals surface area contributed by atoms with Crippen molar-refractivity contribution in [1.82, 2.24) is 4.90 Å². The molecule has 3 amide bonds. The van der Waals surface area contributed by atoms with Crippen molar-refractivity contribution in [3.05, 3.63) is 42.5 Å². The Hall–Kier alpha value is -2.96. The Bertz CT molecular complexity index is 849. The van der Waals surface area contributed by atoms with E-state index in [1.54, 1.807) is 4.90 Å². The topological polar surface area (TPSA) is 84.0 Å². The molecule has 7 heteroatoms. The normalized spacial score (nSPS) is 23.5. The summed E-state index contributed by atoms with van der Waals surface area (Å²) < 4.78 is 5.22. The van der Waals surface area contributed by atoms with Crippen LogP contribution in [0.5, 0.6) is 0 Å². The first-order valence-corrected chi connectivity index (χ1v) is 11.1. The average molecular weight is 424 g/mol. The molecule has 0 N–H and O–H groups in total. The third-order valence-corrected chi connectivity index (χ3v) is 6.49. The van der Waals surface area contributed by atoms with Gasteiger partial charge in [-0.1, -0.05) is 49.6 Å². The monoisotopic (exact) mass is 424 g/mol. The van der Waals surface area contributed by atoms with Crippen molar-refractivity contribution < 1.29 is 23.9 Å². The summed E-state index contributed by atoms with van der Waals surface area (Å²) in [6, 6.07) is 9.49. The van der Waals surface area contributed by atoms with Gasteiger partial charge in [0, 0.05) is 11.7 Å². The summed E-state index contributed by atoms with van der Waals surface area (Å²) in [5, 5.41) is 0. The Morgan fingerprint density at radius 2 is 1.55 bits per heavy atom. The molecule has 31 heavy (non-hydrogen) atoms. The van der Waals surface area contributed by atoms with Crippen molar-refractivity contribution in [2.24, 2.45) is 11.8 Å². The van der Waals surface area contributed by atoms with Gasteiger partial charge in [0.15, 0.2) is 6.61 Å². The van der Waals surface area contributed by atoms with Crippen molar-refractivity contribution in [3.8, 4) is 0 Å². The van der Waals surface area contributed by atoms with E-state index in [0.717, 1.165) is 42.7 Å². The van der Waals surface area contributed by atoms with Gasteiger partial charge >= 0.3 is 5.97 Å². The third kappa shape index (κ3) is 4.55. The molecule has 1 aromatic carbocycles. The molecule has 0 bridgehead atoms. The number of hydrogen-bond acceptors (Lipinski definition) is 5. The van der Waals surface area contributed by atoms with Crippen molar-refractivity contribution in [2.45, 2.75) is 51.0 Å². The van der Waals surface area contributed by atoms with E-state index in [4.69, 9.17) is 4.74 Å². The molecule has 0 unspecified atom stereocenters. The van der Waals surface area contributed by atoms with Gasteiger partial charge in [0.1, 0.15) is 6.54 Å². The van der Waals surface area contributed by atoms with Gasteiger partial charge in [-0.2, -0.15) is 0 Å². The first kappa shape index (κ1) is 21.3. The van der Waals surface area contributed by atoms with Crippen LogP contribution in [0.25, 0.3) is 0 Å². The summed E-state index contributed by atoms with van der Waals surface area (Å²) in [5.41, 5.74) is 0.789. The molecule has 1 saturated carbocycles. The van der Waals surface area contributed by atoms with Gasteiger partial charge in [-0.05, 0) is 37.8 Å². The number of anilines is 1. The van der Waals surface area contributed by atoms with E-state index >= 15 is 0 Å². The van der Waals surface area contributed by atoms with Crippen LogP contribution in [0.15, 0.2) is 42.5 Å². The number of rotatable bonds is 6. The van der Waals surface area contributed by atoms with Crippen LogP contribution in [-0.4, -0.2) is 47.8 Å². The lowest BCUT2D eigenvalue weighted by atomic mass is 9.85. The van der Waals surface area contributed by atoms with E-state index in [1.807, 2.05) is 42.5 Å². The standard InChI is InChI=1S/C24H28N2O5/c27-21(26(17-9-3-1-4-10-17)18-11-5-2-6-12-18)16-31-22(28)15-25-23(29)19-13-7-8-14-20(19)24(25)30/h1,3-4,7-10,18-20H,2,5-6,11-16H2/t19-,20+.